The number of rotatable bonds is 6. The first-order chi connectivity index (χ1) is 13.2. The first-order valence-corrected chi connectivity index (χ1v) is 11.8. The molecule has 11 heteroatoms. The average Bonchev–Trinajstić information content (AvgIpc) is 3.07. The Morgan fingerprint density at radius 2 is 2.00 bits per heavy atom. The molecule has 0 fully saturated rings. The molecule has 3 N–H and O–H groups in total. The number of thiophene rings is 1. The number of aromatic nitrogens is 2. The zero-order valence-corrected chi connectivity index (χ0v) is 17.6. The molecule has 0 unspecified atom stereocenters. The van der Waals surface area contributed by atoms with Gasteiger partial charge in [0.15, 0.2) is 5.16 Å². The Hall–Kier alpha value is -2.21. The van der Waals surface area contributed by atoms with Crippen LogP contribution in [0.25, 0.3) is 10.2 Å². The fourth-order valence-corrected chi connectivity index (χ4v) is 4.67. The highest BCUT2D eigenvalue weighted by Gasteiger charge is 2.16. The summed E-state index contributed by atoms with van der Waals surface area (Å²) in [7, 11) is -3.80. The van der Waals surface area contributed by atoms with Crippen LogP contribution in [0.5, 0.6) is 0 Å². The molecule has 0 atom stereocenters. The number of primary sulfonamides is 1. The van der Waals surface area contributed by atoms with E-state index in [0.717, 1.165) is 11.3 Å². The lowest BCUT2D eigenvalue weighted by Crippen LogP contribution is -2.29. The Kier molecular flexibility index (Phi) is 5.89. The number of benzene rings is 1. The van der Waals surface area contributed by atoms with Crippen LogP contribution < -0.4 is 16.0 Å². The molecule has 28 heavy (non-hydrogen) atoms. The van der Waals surface area contributed by atoms with Gasteiger partial charge >= 0.3 is 0 Å². The topological polar surface area (TPSA) is 124 Å². The molecular formula is C17H18N4O4S3. The van der Waals surface area contributed by atoms with E-state index < -0.39 is 15.9 Å². The quantitative estimate of drug-likeness (QED) is 0.448. The zero-order chi connectivity index (χ0) is 20.5. The molecule has 148 valence electrons. The lowest BCUT2D eigenvalue weighted by Gasteiger charge is -2.11. The molecule has 0 radical (unpaired) electrons. The molecule has 8 nitrogen and oxygen atoms in total. The maximum absolute atomic E-state index is 12.8. The molecule has 0 saturated heterocycles. The van der Waals surface area contributed by atoms with Gasteiger partial charge in [0.05, 0.1) is 10.3 Å². The van der Waals surface area contributed by atoms with Crippen molar-refractivity contribution in [2.45, 2.75) is 29.9 Å². The summed E-state index contributed by atoms with van der Waals surface area (Å²) in [6, 6.07) is 7.29. The van der Waals surface area contributed by atoms with Crippen LogP contribution in [0.4, 0.5) is 5.69 Å². The second-order valence-corrected chi connectivity index (χ2v) is 9.34. The molecule has 0 saturated carbocycles. The Bertz CT molecular complexity index is 1200. The number of amides is 1. The summed E-state index contributed by atoms with van der Waals surface area (Å²) in [5, 5.41) is 8.66. The normalized spacial score (nSPS) is 11.7. The van der Waals surface area contributed by atoms with Crippen molar-refractivity contribution >= 4 is 54.9 Å². The molecule has 0 aliphatic rings. The van der Waals surface area contributed by atoms with Gasteiger partial charge in [0.1, 0.15) is 11.4 Å². The van der Waals surface area contributed by atoms with E-state index in [1.807, 2.05) is 13.0 Å². The number of nitrogens with zero attached hydrogens (tertiary/aromatic N) is 2. The Morgan fingerprint density at radius 3 is 2.57 bits per heavy atom. The summed E-state index contributed by atoms with van der Waals surface area (Å²) < 4.78 is 23.9. The SMILES string of the molecule is CCc1cc2c(=O)n(CC(=O)Nc3ccc(S(N)(=O)=O)cc3)c(SC)nc2s1. The minimum atomic E-state index is -3.80. The molecule has 3 rings (SSSR count). The number of hydrogen-bond acceptors (Lipinski definition) is 7. The van der Waals surface area contributed by atoms with Gasteiger partial charge < -0.3 is 5.32 Å². The van der Waals surface area contributed by atoms with Gasteiger partial charge in [-0.05, 0) is 43.0 Å². The highest BCUT2D eigenvalue weighted by atomic mass is 32.2. The first kappa shape index (κ1) is 20.5. The van der Waals surface area contributed by atoms with Crippen molar-refractivity contribution in [2.24, 2.45) is 5.14 Å². The Balaban J connectivity index is 1.86. The van der Waals surface area contributed by atoms with Crippen LogP contribution in [0, 0.1) is 0 Å². The second kappa shape index (κ2) is 8.03. The smallest absolute Gasteiger partial charge is 0.263 e. The van der Waals surface area contributed by atoms with E-state index >= 15 is 0 Å². The van der Waals surface area contributed by atoms with Gasteiger partial charge in [-0.1, -0.05) is 18.7 Å². The van der Waals surface area contributed by atoms with Gasteiger partial charge in [0, 0.05) is 10.6 Å². The first-order valence-electron chi connectivity index (χ1n) is 8.23. The van der Waals surface area contributed by atoms with Crippen LogP contribution >= 0.6 is 23.1 Å². The highest BCUT2D eigenvalue weighted by Crippen LogP contribution is 2.24. The molecule has 2 aromatic heterocycles. The number of fused-ring (bicyclic) bond motifs is 1. The minimum Gasteiger partial charge on any atom is -0.325 e. The van der Waals surface area contributed by atoms with Crippen molar-refractivity contribution in [3.05, 3.63) is 45.6 Å². The van der Waals surface area contributed by atoms with Gasteiger partial charge in [-0.15, -0.1) is 11.3 Å². The fourth-order valence-electron chi connectivity index (χ4n) is 2.59. The molecule has 0 aliphatic heterocycles. The maximum atomic E-state index is 12.8. The number of nitrogens with two attached hydrogens (primary N) is 1. The van der Waals surface area contributed by atoms with Crippen LogP contribution in [0.3, 0.4) is 0 Å². The summed E-state index contributed by atoms with van der Waals surface area (Å²) in [5.41, 5.74) is 0.138. The minimum absolute atomic E-state index is 0.0507. The highest BCUT2D eigenvalue weighted by molar-refractivity contribution is 7.98. The summed E-state index contributed by atoms with van der Waals surface area (Å²) in [6.07, 6.45) is 2.60. The van der Waals surface area contributed by atoms with Gasteiger partial charge in [-0.3, -0.25) is 14.2 Å². The summed E-state index contributed by atoms with van der Waals surface area (Å²) in [5.74, 6) is -0.423. The fraction of sp³-hybridized carbons (Fsp3) is 0.235. The van der Waals surface area contributed by atoms with Crippen LogP contribution in [-0.4, -0.2) is 30.1 Å². The van der Waals surface area contributed by atoms with E-state index in [1.54, 1.807) is 6.26 Å². The van der Waals surface area contributed by atoms with Crippen LogP contribution in [-0.2, 0) is 27.8 Å². The molecular weight excluding hydrogens is 420 g/mol. The van der Waals surface area contributed by atoms with Crippen molar-refractivity contribution in [1.29, 1.82) is 0 Å². The lowest BCUT2D eigenvalue weighted by molar-refractivity contribution is -0.116. The van der Waals surface area contributed by atoms with Crippen LogP contribution in [0.15, 0.2) is 45.2 Å². The second-order valence-electron chi connectivity index (χ2n) is 5.89. The summed E-state index contributed by atoms with van der Waals surface area (Å²) >= 11 is 2.77. The van der Waals surface area contributed by atoms with E-state index in [9.17, 15) is 18.0 Å². The largest absolute Gasteiger partial charge is 0.325 e. The number of aryl methyl sites for hydroxylation is 1. The van der Waals surface area contributed by atoms with E-state index in [2.05, 4.69) is 10.3 Å². The van der Waals surface area contributed by atoms with Crippen LogP contribution in [0.2, 0.25) is 0 Å². The van der Waals surface area contributed by atoms with Crippen molar-refractivity contribution in [1.82, 2.24) is 9.55 Å². The zero-order valence-electron chi connectivity index (χ0n) is 15.1. The lowest BCUT2D eigenvalue weighted by atomic mass is 10.3. The van der Waals surface area contributed by atoms with Gasteiger partial charge in [0.2, 0.25) is 15.9 Å². The predicted octanol–water partition coefficient (Wildman–Crippen LogP) is 2.03. The Morgan fingerprint density at radius 1 is 1.32 bits per heavy atom. The molecule has 1 amide bonds. The molecule has 3 aromatic rings. The number of nitrogens with one attached hydrogen (secondary N) is 1. The van der Waals surface area contributed by atoms with Crippen molar-refractivity contribution < 1.29 is 13.2 Å². The summed E-state index contributed by atoms with van der Waals surface area (Å²) in [6.45, 7) is 1.81. The summed E-state index contributed by atoms with van der Waals surface area (Å²) in [4.78, 5) is 31.5. The van der Waals surface area contributed by atoms with E-state index in [4.69, 9.17) is 5.14 Å². The van der Waals surface area contributed by atoms with Crippen molar-refractivity contribution in [3.8, 4) is 0 Å². The average molecular weight is 439 g/mol. The van der Waals surface area contributed by atoms with E-state index in [-0.39, 0.29) is 17.0 Å². The number of carbonyl (C=O) groups excluding carboxylic acids is 1. The number of anilines is 1. The molecule has 0 spiro atoms. The molecule has 1 aromatic carbocycles. The number of sulfonamides is 1. The van der Waals surface area contributed by atoms with E-state index in [0.29, 0.717) is 21.1 Å². The third-order valence-corrected chi connectivity index (χ3v) is 6.75. The molecule has 0 aliphatic carbocycles. The van der Waals surface area contributed by atoms with Crippen molar-refractivity contribution in [3.63, 3.8) is 0 Å². The van der Waals surface area contributed by atoms with Gasteiger partial charge in [0.25, 0.3) is 5.56 Å². The predicted molar refractivity (Wildman–Crippen MR) is 111 cm³/mol. The molecule has 2 heterocycles. The molecule has 0 bridgehead atoms. The monoisotopic (exact) mass is 438 g/mol. The standard InChI is InChI=1S/C17H18N4O4S3/c1-3-11-8-13-15(27-11)20-17(26-2)21(16(13)23)9-14(22)19-10-4-6-12(7-5-10)28(18,24)25/h4-8H,3,9H2,1-2H3,(H,19,22)(H2,18,24,25). The number of carbonyl (C=O) groups is 1. The number of thioether (sulfide) groups is 1. The number of hydrogen-bond donors (Lipinski definition) is 2. The van der Waals surface area contributed by atoms with E-state index in [1.165, 1.54) is 51.9 Å². The third kappa shape index (κ3) is 4.27. The Labute approximate surface area is 169 Å². The van der Waals surface area contributed by atoms with Crippen molar-refractivity contribution in [2.75, 3.05) is 11.6 Å². The maximum Gasteiger partial charge on any atom is 0.263 e. The van der Waals surface area contributed by atoms with Crippen LogP contribution in [0.1, 0.15) is 11.8 Å². The van der Waals surface area contributed by atoms with Gasteiger partial charge in [-0.2, -0.15) is 0 Å². The third-order valence-electron chi connectivity index (χ3n) is 3.97. The van der Waals surface area contributed by atoms with Gasteiger partial charge in [-0.25, -0.2) is 18.5 Å².